The van der Waals surface area contributed by atoms with Gasteiger partial charge in [0.05, 0.1) is 12.3 Å². The molecule has 0 aliphatic heterocycles. The molecule has 2 N–H and O–H groups in total. The van der Waals surface area contributed by atoms with Crippen molar-refractivity contribution in [1.29, 1.82) is 0 Å². The van der Waals surface area contributed by atoms with Crippen LogP contribution in [0, 0.1) is 3.57 Å². The van der Waals surface area contributed by atoms with Crippen LogP contribution in [0.5, 0.6) is 0 Å². The molecule has 0 saturated carbocycles. The second-order valence-corrected chi connectivity index (χ2v) is 8.72. The summed E-state index contributed by atoms with van der Waals surface area (Å²) in [6, 6.07) is 13.4. The molecule has 8 heteroatoms. The average Bonchev–Trinajstić information content (AvgIpc) is 2.48. The standard InChI is InChI=1S/C16H16ClIN2O3S/c1-24(22,23)20-15(11-2-4-12(17)5-3-11)10-16(21)19-14-8-6-13(18)7-9-14/h2-9,15,20H,10H2,1H3,(H,19,21). The maximum Gasteiger partial charge on any atom is 0.226 e. The number of hydrogen-bond acceptors (Lipinski definition) is 3. The van der Waals surface area contributed by atoms with Crippen molar-refractivity contribution in [2.45, 2.75) is 12.5 Å². The lowest BCUT2D eigenvalue weighted by Crippen LogP contribution is -2.30. The predicted octanol–water partition coefficient (Wildman–Crippen LogP) is 3.56. The van der Waals surface area contributed by atoms with E-state index in [1.54, 1.807) is 36.4 Å². The van der Waals surface area contributed by atoms with Gasteiger partial charge in [-0.15, -0.1) is 0 Å². The Labute approximate surface area is 160 Å². The first-order valence-electron chi connectivity index (χ1n) is 7.01. The van der Waals surface area contributed by atoms with E-state index in [1.807, 2.05) is 12.1 Å². The molecule has 24 heavy (non-hydrogen) atoms. The Kier molecular flexibility index (Phi) is 6.62. The van der Waals surface area contributed by atoms with E-state index in [2.05, 4.69) is 32.6 Å². The molecule has 0 spiro atoms. The summed E-state index contributed by atoms with van der Waals surface area (Å²) in [5.74, 6) is -0.285. The molecule has 0 bridgehead atoms. The molecular weight excluding hydrogens is 463 g/mol. The molecule has 2 aromatic rings. The van der Waals surface area contributed by atoms with Gasteiger partial charge in [-0.3, -0.25) is 4.79 Å². The Balaban J connectivity index is 2.13. The largest absolute Gasteiger partial charge is 0.326 e. The van der Waals surface area contributed by atoms with Gasteiger partial charge in [-0.05, 0) is 64.6 Å². The molecule has 2 aromatic carbocycles. The zero-order chi connectivity index (χ0) is 17.7. The van der Waals surface area contributed by atoms with Crippen molar-refractivity contribution in [2.24, 2.45) is 0 Å². The van der Waals surface area contributed by atoms with E-state index in [1.165, 1.54) is 0 Å². The number of carbonyl (C=O) groups is 1. The number of benzene rings is 2. The summed E-state index contributed by atoms with van der Waals surface area (Å²) in [5.41, 5.74) is 1.33. The summed E-state index contributed by atoms with van der Waals surface area (Å²) in [7, 11) is -3.47. The lowest BCUT2D eigenvalue weighted by Gasteiger charge is -2.18. The first-order valence-corrected chi connectivity index (χ1v) is 10.4. The molecule has 0 saturated heterocycles. The fraction of sp³-hybridized carbons (Fsp3) is 0.188. The fourth-order valence-electron chi connectivity index (χ4n) is 2.11. The summed E-state index contributed by atoms with van der Waals surface area (Å²) in [4.78, 5) is 12.3. The normalized spacial score (nSPS) is 12.6. The van der Waals surface area contributed by atoms with Crippen LogP contribution in [-0.2, 0) is 14.8 Å². The van der Waals surface area contributed by atoms with E-state index in [4.69, 9.17) is 11.6 Å². The van der Waals surface area contributed by atoms with Crippen LogP contribution in [0.1, 0.15) is 18.0 Å². The van der Waals surface area contributed by atoms with Crippen LogP contribution in [0.2, 0.25) is 5.02 Å². The maximum absolute atomic E-state index is 12.3. The molecule has 5 nitrogen and oxygen atoms in total. The Bertz CT molecular complexity index is 808. The van der Waals surface area contributed by atoms with Gasteiger partial charge in [-0.1, -0.05) is 23.7 Å². The van der Waals surface area contributed by atoms with Crippen LogP contribution in [-0.4, -0.2) is 20.6 Å². The van der Waals surface area contributed by atoms with Crippen molar-refractivity contribution >= 4 is 55.8 Å². The molecule has 1 unspecified atom stereocenters. The third kappa shape index (κ3) is 6.39. The van der Waals surface area contributed by atoms with E-state index in [0.717, 1.165) is 9.83 Å². The van der Waals surface area contributed by atoms with Crippen LogP contribution in [0.25, 0.3) is 0 Å². The number of halogens is 2. The van der Waals surface area contributed by atoms with Gasteiger partial charge in [-0.2, -0.15) is 0 Å². The number of nitrogens with one attached hydrogen (secondary N) is 2. The number of rotatable bonds is 6. The van der Waals surface area contributed by atoms with Gasteiger partial charge in [0, 0.05) is 20.7 Å². The van der Waals surface area contributed by atoms with Crippen LogP contribution in [0.3, 0.4) is 0 Å². The molecule has 0 aromatic heterocycles. The highest BCUT2D eigenvalue weighted by Crippen LogP contribution is 2.21. The van der Waals surface area contributed by atoms with Crippen LogP contribution < -0.4 is 10.0 Å². The molecule has 0 fully saturated rings. The Morgan fingerprint density at radius 2 is 1.71 bits per heavy atom. The summed E-state index contributed by atoms with van der Waals surface area (Å²) in [6.07, 6.45) is 1.04. The highest BCUT2D eigenvalue weighted by Gasteiger charge is 2.20. The van der Waals surface area contributed by atoms with Crippen molar-refractivity contribution in [3.63, 3.8) is 0 Å². The van der Waals surface area contributed by atoms with Crippen molar-refractivity contribution in [3.05, 3.63) is 62.7 Å². The fourth-order valence-corrected chi connectivity index (χ4v) is 3.33. The molecule has 0 aliphatic carbocycles. The molecule has 0 radical (unpaired) electrons. The van der Waals surface area contributed by atoms with Gasteiger partial charge in [0.25, 0.3) is 0 Å². The van der Waals surface area contributed by atoms with Gasteiger partial charge >= 0.3 is 0 Å². The van der Waals surface area contributed by atoms with E-state index in [0.29, 0.717) is 16.3 Å². The molecule has 0 heterocycles. The summed E-state index contributed by atoms with van der Waals surface area (Å²) in [5, 5.41) is 3.31. The maximum atomic E-state index is 12.3. The minimum atomic E-state index is -3.47. The van der Waals surface area contributed by atoms with E-state index in [9.17, 15) is 13.2 Å². The molecule has 1 amide bonds. The highest BCUT2D eigenvalue weighted by atomic mass is 127. The second kappa shape index (κ2) is 8.28. The lowest BCUT2D eigenvalue weighted by molar-refractivity contribution is -0.116. The zero-order valence-corrected chi connectivity index (χ0v) is 16.5. The van der Waals surface area contributed by atoms with Gasteiger partial charge in [0.1, 0.15) is 0 Å². The van der Waals surface area contributed by atoms with Gasteiger partial charge in [0.2, 0.25) is 15.9 Å². The predicted molar refractivity (Wildman–Crippen MR) is 105 cm³/mol. The van der Waals surface area contributed by atoms with E-state index in [-0.39, 0.29) is 12.3 Å². The van der Waals surface area contributed by atoms with E-state index >= 15 is 0 Å². The first-order chi connectivity index (χ1) is 11.2. The SMILES string of the molecule is CS(=O)(=O)NC(CC(=O)Nc1ccc(I)cc1)c1ccc(Cl)cc1. The minimum Gasteiger partial charge on any atom is -0.326 e. The number of sulfonamides is 1. The molecule has 0 aliphatic rings. The van der Waals surface area contributed by atoms with Crippen molar-refractivity contribution in [2.75, 3.05) is 11.6 Å². The Morgan fingerprint density at radius 3 is 2.25 bits per heavy atom. The first kappa shape index (κ1) is 19.2. The van der Waals surface area contributed by atoms with E-state index < -0.39 is 16.1 Å². The highest BCUT2D eigenvalue weighted by molar-refractivity contribution is 14.1. The van der Waals surface area contributed by atoms with Gasteiger partial charge < -0.3 is 5.32 Å². The molecule has 1 atom stereocenters. The number of amides is 1. The van der Waals surface area contributed by atoms with Crippen LogP contribution >= 0.6 is 34.2 Å². The molecule has 128 valence electrons. The summed E-state index contributed by atoms with van der Waals surface area (Å²) >= 11 is 8.03. The summed E-state index contributed by atoms with van der Waals surface area (Å²) in [6.45, 7) is 0. The second-order valence-electron chi connectivity index (χ2n) is 5.25. The topological polar surface area (TPSA) is 75.3 Å². The lowest BCUT2D eigenvalue weighted by atomic mass is 10.0. The van der Waals surface area contributed by atoms with Gasteiger partial charge in [0.15, 0.2) is 0 Å². The van der Waals surface area contributed by atoms with Crippen molar-refractivity contribution in [3.8, 4) is 0 Å². The Morgan fingerprint density at radius 1 is 1.12 bits per heavy atom. The van der Waals surface area contributed by atoms with Crippen molar-refractivity contribution < 1.29 is 13.2 Å². The monoisotopic (exact) mass is 478 g/mol. The number of anilines is 1. The smallest absolute Gasteiger partial charge is 0.226 e. The number of carbonyl (C=O) groups excluding carboxylic acids is 1. The third-order valence-corrected chi connectivity index (χ3v) is 4.83. The van der Waals surface area contributed by atoms with Crippen LogP contribution in [0.4, 0.5) is 5.69 Å². The third-order valence-electron chi connectivity index (χ3n) is 3.15. The number of hydrogen-bond donors (Lipinski definition) is 2. The van der Waals surface area contributed by atoms with Crippen LogP contribution in [0.15, 0.2) is 48.5 Å². The average molecular weight is 479 g/mol. The Hall–Kier alpha value is -1.16. The van der Waals surface area contributed by atoms with Gasteiger partial charge in [-0.25, -0.2) is 13.1 Å². The molecule has 2 rings (SSSR count). The zero-order valence-electron chi connectivity index (χ0n) is 12.8. The van der Waals surface area contributed by atoms with Crippen molar-refractivity contribution in [1.82, 2.24) is 4.72 Å². The minimum absolute atomic E-state index is 0.0271. The summed E-state index contributed by atoms with van der Waals surface area (Å²) < 4.78 is 26.7. The molecular formula is C16H16ClIN2O3S. The quantitative estimate of drug-likeness (QED) is 0.624.